The van der Waals surface area contributed by atoms with Gasteiger partial charge < -0.3 is 5.11 Å². The molecular formula is C22H20N4O. The van der Waals surface area contributed by atoms with Crippen LogP contribution in [-0.2, 0) is 0 Å². The van der Waals surface area contributed by atoms with E-state index < -0.39 is 0 Å². The Balaban J connectivity index is 1.89. The molecule has 2 heterocycles. The zero-order valence-electron chi connectivity index (χ0n) is 15.5. The van der Waals surface area contributed by atoms with Gasteiger partial charge >= 0.3 is 0 Å². The number of nitrogens with zero attached hydrogens (tertiary/aromatic N) is 4. The number of aromatic nitrogens is 2. The van der Waals surface area contributed by atoms with E-state index >= 15 is 0 Å². The van der Waals surface area contributed by atoms with Gasteiger partial charge in [0.05, 0.1) is 5.69 Å². The van der Waals surface area contributed by atoms with Crippen LogP contribution in [0.15, 0.2) is 71.0 Å². The van der Waals surface area contributed by atoms with Crippen molar-refractivity contribution in [3.05, 3.63) is 77.5 Å². The molecule has 5 nitrogen and oxygen atoms in total. The standard InChI is InChI=1S/C22H20N4O/c1-14-6-9-17(10-7-14)20-22(26-12-4-5-19(27)21(26)23-20)25-24-18-11-8-15(2)13-16(18)3/h4-13,27H,1-3H3. The number of aryl methyl sites for hydroxylation is 3. The van der Waals surface area contributed by atoms with E-state index in [4.69, 9.17) is 0 Å². The van der Waals surface area contributed by atoms with Crippen LogP contribution in [0.1, 0.15) is 16.7 Å². The molecule has 134 valence electrons. The van der Waals surface area contributed by atoms with Crippen LogP contribution < -0.4 is 0 Å². The van der Waals surface area contributed by atoms with Gasteiger partial charge in [0.2, 0.25) is 0 Å². The molecule has 4 rings (SSSR count). The molecule has 0 aliphatic heterocycles. The summed E-state index contributed by atoms with van der Waals surface area (Å²) in [5.41, 5.74) is 6.30. The second-order valence-electron chi connectivity index (χ2n) is 6.73. The van der Waals surface area contributed by atoms with E-state index in [9.17, 15) is 5.11 Å². The van der Waals surface area contributed by atoms with Crippen LogP contribution >= 0.6 is 0 Å². The normalized spacial score (nSPS) is 11.5. The van der Waals surface area contributed by atoms with E-state index in [2.05, 4.69) is 28.2 Å². The molecule has 5 heteroatoms. The maximum absolute atomic E-state index is 10.2. The van der Waals surface area contributed by atoms with Gasteiger partial charge in [-0.1, -0.05) is 47.5 Å². The number of azo groups is 1. The lowest BCUT2D eigenvalue weighted by Crippen LogP contribution is -1.83. The lowest BCUT2D eigenvalue weighted by Gasteiger charge is -2.02. The summed E-state index contributed by atoms with van der Waals surface area (Å²) in [4.78, 5) is 4.62. The van der Waals surface area contributed by atoms with Gasteiger partial charge in [0.15, 0.2) is 17.2 Å². The fourth-order valence-corrected chi connectivity index (χ4v) is 3.06. The fourth-order valence-electron chi connectivity index (χ4n) is 3.06. The van der Waals surface area contributed by atoms with Gasteiger partial charge in [-0.15, -0.1) is 10.2 Å². The predicted molar refractivity (Wildman–Crippen MR) is 107 cm³/mol. The lowest BCUT2D eigenvalue weighted by atomic mass is 10.1. The van der Waals surface area contributed by atoms with E-state index in [1.54, 1.807) is 16.5 Å². The molecule has 0 bridgehead atoms. The van der Waals surface area contributed by atoms with E-state index in [1.807, 2.05) is 56.4 Å². The molecule has 0 saturated carbocycles. The second-order valence-corrected chi connectivity index (χ2v) is 6.73. The molecule has 2 aromatic carbocycles. The number of aromatic hydroxyl groups is 1. The minimum absolute atomic E-state index is 0.110. The van der Waals surface area contributed by atoms with Crippen molar-refractivity contribution < 1.29 is 5.11 Å². The van der Waals surface area contributed by atoms with Crippen LogP contribution in [0.5, 0.6) is 5.75 Å². The summed E-state index contributed by atoms with van der Waals surface area (Å²) >= 11 is 0. The average molecular weight is 356 g/mol. The summed E-state index contributed by atoms with van der Waals surface area (Å²) in [6.45, 7) is 6.11. The minimum Gasteiger partial charge on any atom is -0.504 e. The first kappa shape index (κ1) is 17.0. The van der Waals surface area contributed by atoms with Crippen molar-refractivity contribution in [1.29, 1.82) is 0 Å². The summed E-state index contributed by atoms with van der Waals surface area (Å²) in [6.07, 6.45) is 1.83. The SMILES string of the molecule is Cc1ccc(-c2nc3c(O)cccn3c2N=Nc2ccc(C)cc2C)cc1. The third-order valence-corrected chi connectivity index (χ3v) is 4.53. The minimum atomic E-state index is 0.110. The number of benzene rings is 2. The van der Waals surface area contributed by atoms with E-state index in [0.29, 0.717) is 17.2 Å². The summed E-state index contributed by atoms with van der Waals surface area (Å²) in [7, 11) is 0. The Bertz CT molecular complexity index is 1160. The van der Waals surface area contributed by atoms with Gasteiger partial charge in [-0.2, -0.15) is 0 Å². The highest BCUT2D eigenvalue weighted by molar-refractivity contribution is 5.76. The van der Waals surface area contributed by atoms with E-state index in [-0.39, 0.29) is 5.75 Å². The average Bonchev–Trinajstić information content (AvgIpc) is 3.02. The molecule has 0 saturated heterocycles. The first-order valence-corrected chi connectivity index (χ1v) is 8.79. The first-order chi connectivity index (χ1) is 13.0. The first-order valence-electron chi connectivity index (χ1n) is 8.79. The quantitative estimate of drug-likeness (QED) is 0.454. The number of fused-ring (bicyclic) bond motifs is 1. The Morgan fingerprint density at radius 3 is 2.37 bits per heavy atom. The monoisotopic (exact) mass is 356 g/mol. The molecule has 1 N–H and O–H groups in total. The predicted octanol–water partition coefficient (Wildman–Crippen LogP) is 6.05. The third-order valence-electron chi connectivity index (χ3n) is 4.53. The van der Waals surface area contributed by atoms with Gasteiger partial charge in [-0.3, -0.25) is 4.40 Å². The Morgan fingerprint density at radius 1 is 0.889 bits per heavy atom. The van der Waals surface area contributed by atoms with Gasteiger partial charge in [-0.25, -0.2) is 4.98 Å². The van der Waals surface area contributed by atoms with E-state index in [0.717, 1.165) is 16.8 Å². The molecule has 0 radical (unpaired) electrons. The zero-order valence-corrected chi connectivity index (χ0v) is 15.5. The maximum Gasteiger partial charge on any atom is 0.187 e. The van der Waals surface area contributed by atoms with Gasteiger partial charge in [-0.05, 0) is 44.5 Å². The van der Waals surface area contributed by atoms with E-state index in [1.165, 1.54) is 11.1 Å². The van der Waals surface area contributed by atoms with Crippen LogP contribution in [0, 0.1) is 20.8 Å². The van der Waals surface area contributed by atoms with Crippen LogP contribution in [-0.4, -0.2) is 14.5 Å². The Morgan fingerprint density at radius 2 is 1.63 bits per heavy atom. The van der Waals surface area contributed by atoms with Crippen molar-refractivity contribution in [2.75, 3.05) is 0 Å². The van der Waals surface area contributed by atoms with Crippen molar-refractivity contribution in [3.63, 3.8) is 0 Å². The summed E-state index contributed by atoms with van der Waals surface area (Å²) in [5.74, 6) is 0.698. The summed E-state index contributed by atoms with van der Waals surface area (Å²) in [6, 6.07) is 17.5. The number of pyridine rings is 1. The Labute approximate surface area is 157 Å². The highest BCUT2D eigenvalue weighted by atomic mass is 16.3. The highest BCUT2D eigenvalue weighted by Crippen LogP contribution is 2.35. The number of rotatable bonds is 3. The number of hydrogen-bond acceptors (Lipinski definition) is 4. The molecular weight excluding hydrogens is 336 g/mol. The largest absolute Gasteiger partial charge is 0.504 e. The summed E-state index contributed by atoms with van der Waals surface area (Å²) < 4.78 is 1.76. The van der Waals surface area contributed by atoms with Crippen molar-refractivity contribution in [1.82, 2.24) is 9.38 Å². The molecule has 0 fully saturated rings. The second kappa shape index (κ2) is 6.68. The zero-order chi connectivity index (χ0) is 19.0. The van der Waals surface area contributed by atoms with Crippen molar-refractivity contribution in [2.24, 2.45) is 10.2 Å². The van der Waals surface area contributed by atoms with Crippen molar-refractivity contribution in [3.8, 4) is 17.0 Å². The maximum atomic E-state index is 10.2. The Kier molecular flexibility index (Phi) is 4.20. The van der Waals surface area contributed by atoms with Crippen LogP contribution in [0.2, 0.25) is 0 Å². The molecule has 2 aromatic heterocycles. The number of hydrogen-bond donors (Lipinski definition) is 1. The van der Waals surface area contributed by atoms with Gasteiger partial charge in [0.1, 0.15) is 5.69 Å². The van der Waals surface area contributed by atoms with Crippen LogP contribution in [0.3, 0.4) is 0 Å². The molecule has 0 unspecified atom stereocenters. The van der Waals surface area contributed by atoms with Gasteiger partial charge in [0.25, 0.3) is 0 Å². The third kappa shape index (κ3) is 3.19. The molecule has 0 amide bonds. The highest BCUT2D eigenvalue weighted by Gasteiger charge is 2.16. The molecule has 4 aromatic rings. The summed E-state index contributed by atoms with van der Waals surface area (Å²) in [5, 5.41) is 19.2. The van der Waals surface area contributed by atoms with Crippen LogP contribution in [0.25, 0.3) is 16.9 Å². The lowest BCUT2D eigenvalue weighted by molar-refractivity contribution is 0.477. The van der Waals surface area contributed by atoms with Crippen molar-refractivity contribution in [2.45, 2.75) is 20.8 Å². The molecule has 0 atom stereocenters. The smallest absolute Gasteiger partial charge is 0.187 e. The fraction of sp³-hybridized carbons (Fsp3) is 0.136. The number of imidazole rings is 1. The van der Waals surface area contributed by atoms with Crippen molar-refractivity contribution >= 4 is 17.2 Å². The molecule has 0 spiro atoms. The molecule has 0 aliphatic rings. The molecule has 27 heavy (non-hydrogen) atoms. The van der Waals surface area contributed by atoms with Crippen LogP contribution in [0.4, 0.5) is 11.5 Å². The van der Waals surface area contributed by atoms with Gasteiger partial charge in [0, 0.05) is 11.8 Å². The topological polar surface area (TPSA) is 62.2 Å². The molecule has 0 aliphatic carbocycles. The Hall–Kier alpha value is -3.47.